The molecular weight excluding hydrogens is 192 g/mol. The Kier molecular flexibility index (Phi) is 2.25. The van der Waals surface area contributed by atoms with E-state index in [2.05, 4.69) is 0 Å². The van der Waals surface area contributed by atoms with Crippen molar-refractivity contribution >= 4 is 0 Å². The molecule has 1 aliphatic heterocycles. The third-order valence-corrected chi connectivity index (χ3v) is 2.49. The molecule has 3 rings (SSSR count). The summed E-state index contributed by atoms with van der Waals surface area (Å²) in [4.78, 5) is 0. The lowest BCUT2D eigenvalue weighted by atomic mass is 10.3. The predicted molar refractivity (Wildman–Crippen MR) is 55.3 cm³/mol. The molecule has 1 saturated heterocycles. The van der Waals surface area contributed by atoms with Gasteiger partial charge in [0, 0.05) is 0 Å². The summed E-state index contributed by atoms with van der Waals surface area (Å²) < 4.78 is 16.2. The third kappa shape index (κ3) is 2.63. The molecule has 15 heavy (non-hydrogen) atoms. The molecule has 1 unspecified atom stereocenters. The fourth-order valence-electron chi connectivity index (χ4n) is 1.35. The van der Waals surface area contributed by atoms with E-state index in [0.717, 1.165) is 18.1 Å². The molecule has 1 aliphatic carbocycles. The van der Waals surface area contributed by atoms with Gasteiger partial charge in [-0.1, -0.05) is 0 Å². The summed E-state index contributed by atoms with van der Waals surface area (Å²) in [5, 5.41) is 0. The van der Waals surface area contributed by atoms with Crippen molar-refractivity contribution in [1.29, 1.82) is 0 Å². The van der Waals surface area contributed by atoms with Gasteiger partial charge in [-0.3, -0.25) is 0 Å². The van der Waals surface area contributed by atoms with Crippen LogP contribution < -0.4 is 9.47 Å². The maximum Gasteiger partial charge on any atom is 0.119 e. The fourth-order valence-corrected chi connectivity index (χ4v) is 1.35. The van der Waals surface area contributed by atoms with E-state index in [9.17, 15) is 0 Å². The Morgan fingerprint density at radius 3 is 2.40 bits per heavy atom. The maximum absolute atomic E-state index is 5.64. The van der Waals surface area contributed by atoms with Crippen LogP contribution in [-0.2, 0) is 4.74 Å². The van der Waals surface area contributed by atoms with Gasteiger partial charge >= 0.3 is 0 Å². The Balaban J connectivity index is 1.53. The predicted octanol–water partition coefficient (Wildman–Crippen LogP) is 2.01. The van der Waals surface area contributed by atoms with Gasteiger partial charge < -0.3 is 14.2 Å². The zero-order chi connectivity index (χ0) is 10.1. The van der Waals surface area contributed by atoms with Gasteiger partial charge in [-0.15, -0.1) is 0 Å². The van der Waals surface area contributed by atoms with Crippen LogP contribution in [0.3, 0.4) is 0 Å². The second-order valence-corrected chi connectivity index (χ2v) is 4.05. The molecule has 80 valence electrons. The standard InChI is InChI=1S/C12H14O3/c1-3-10(15-11-5-6-11)4-2-9(1)13-7-12-8-14-12/h1-4,11-12H,5-8H2. The van der Waals surface area contributed by atoms with Crippen LogP contribution in [0.1, 0.15) is 12.8 Å². The van der Waals surface area contributed by atoms with E-state index in [1.165, 1.54) is 12.8 Å². The molecule has 0 N–H and O–H groups in total. The Hall–Kier alpha value is -1.22. The highest BCUT2D eigenvalue weighted by Gasteiger charge is 2.24. The van der Waals surface area contributed by atoms with Crippen LogP contribution in [0.15, 0.2) is 24.3 Å². The van der Waals surface area contributed by atoms with E-state index in [0.29, 0.717) is 18.8 Å². The smallest absolute Gasteiger partial charge is 0.119 e. The third-order valence-electron chi connectivity index (χ3n) is 2.49. The highest BCUT2D eigenvalue weighted by Crippen LogP contribution is 2.27. The molecule has 0 amide bonds. The number of rotatable bonds is 5. The summed E-state index contributed by atoms with van der Waals surface area (Å²) in [7, 11) is 0. The van der Waals surface area contributed by atoms with Crippen molar-refractivity contribution in [2.45, 2.75) is 25.0 Å². The van der Waals surface area contributed by atoms with E-state index in [1.54, 1.807) is 0 Å². The molecule has 2 fully saturated rings. The second kappa shape index (κ2) is 3.74. The van der Waals surface area contributed by atoms with Crippen LogP contribution in [0.5, 0.6) is 11.5 Å². The number of ether oxygens (including phenoxy) is 3. The number of hydrogen-bond donors (Lipinski definition) is 0. The van der Waals surface area contributed by atoms with Gasteiger partial charge in [0.15, 0.2) is 0 Å². The SMILES string of the molecule is c1cc(OC2CC2)ccc1OCC1CO1. The molecule has 1 saturated carbocycles. The summed E-state index contributed by atoms with van der Waals surface area (Å²) in [6.45, 7) is 1.49. The van der Waals surface area contributed by atoms with Crippen molar-refractivity contribution < 1.29 is 14.2 Å². The molecule has 2 aliphatic rings. The van der Waals surface area contributed by atoms with E-state index >= 15 is 0 Å². The minimum atomic E-state index is 0.312. The molecule has 3 heteroatoms. The monoisotopic (exact) mass is 206 g/mol. The quantitative estimate of drug-likeness (QED) is 0.690. The summed E-state index contributed by atoms with van der Waals surface area (Å²) >= 11 is 0. The van der Waals surface area contributed by atoms with Gasteiger partial charge in [0.05, 0.1) is 12.7 Å². The number of benzene rings is 1. The van der Waals surface area contributed by atoms with E-state index in [-0.39, 0.29) is 0 Å². The Morgan fingerprint density at radius 1 is 1.13 bits per heavy atom. The van der Waals surface area contributed by atoms with Gasteiger partial charge in [-0.25, -0.2) is 0 Å². The molecular formula is C12H14O3. The van der Waals surface area contributed by atoms with Crippen LogP contribution in [0.2, 0.25) is 0 Å². The van der Waals surface area contributed by atoms with Crippen molar-refractivity contribution in [2.24, 2.45) is 0 Å². The Morgan fingerprint density at radius 2 is 1.80 bits per heavy atom. The molecule has 0 bridgehead atoms. The second-order valence-electron chi connectivity index (χ2n) is 4.05. The lowest BCUT2D eigenvalue weighted by molar-refractivity contribution is 0.262. The molecule has 0 spiro atoms. The molecule has 1 aromatic rings. The molecule has 3 nitrogen and oxygen atoms in total. The first-order valence-corrected chi connectivity index (χ1v) is 5.41. The summed E-state index contributed by atoms with van der Waals surface area (Å²) in [5.74, 6) is 1.82. The zero-order valence-electron chi connectivity index (χ0n) is 8.52. The fraction of sp³-hybridized carbons (Fsp3) is 0.500. The number of hydrogen-bond acceptors (Lipinski definition) is 3. The first-order valence-electron chi connectivity index (χ1n) is 5.41. The normalized spacial score (nSPS) is 23.6. The van der Waals surface area contributed by atoms with Crippen molar-refractivity contribution in [1.82, 2.24) is 0 Å². The molecule has 1 heterocycles. The molecule has 1 aromatic carbocycles. The maximum atomic E-state index is 5.64. The highest BCUT2D eigenvalue weighted by molar-refractivity contribution is 5.31. The molecule has 1 atom stereocenters. The van der Waals surface area contributed by atoms with Crippen molar-refractivity contribution in [3.05, 3.63) is 24.3 Å². The first-order chi connectivity index (χ1) is 7.40. The minimum absolute atomic E-state index is 0.312. The van der Waals surface area contributed by atoms with Gasteiger partial charge in [0.1, 0.15) is 24.2 Å². The van der Waals surface area contributed by atoms with Crippen LogP contribution in [0.4, 0.5) is 0 Å². The molecule has 0 aromatic heterocycles. The van der Waals surface area contributed by atoms with Crippen LogP contribution in [-0.4, -0.2) is 25.4 Å². The molecule has 0 radical (unpaired) electrons. The van der Waals surface area contributed by atoms with Gasteiger partial charge in [-0.05, 0) is 37.1 Å². The van der Waals surface area contributed by atoms with Gasteiger partial charge in [-0.2, -0.15) is 0 Å². The Labute approximate surface area is 89.0 Å². The average molecular weight is 206 g/mol. The number of epoxide rings is 1. The average Bonchev–Trinajstić information content (AvgIpc) is 3.12. The lowest BCUT2D eigenvalue weighted by Crippen LogP contribution is -2.03. The van der Waals surface area contributed by atoms with Gasteiger partial charge in [0.25, 0.3) is 0 Å². The van der Waals surface area contributed by atoms with Crippen LogP contribution >= 0.6 is 0 Å². The van der Waals surface area contributed by atoms with Crippen molar-refractivity contribution in [2.75, 3.05) is 13.2 Å². The van der Waals surface area contributed by atoms with E-state index < -0.39 is 0 Å². The Bertz CT molecular complexity index is 325. The van der Waals surface area contributed by atoms with Crippen molar-refractivity contribution in [3.63, 3.8) is 0 Å². The summed E-state index contributed by atoms with van der Waals surface area (Å²) in [6.07, 6.45) is 3.15. The largest absolute Gasteiger partial charge is 0.491 e. The zero-order valence-corrected chi connectivity index (χ0v) is 8.52. The van der Waals surface area contributed by atoms with Crippen LogP contribution in [0, 0.1) is 0 Å². The minimum Gasteiger partial charge on any atom is -0.491 e. The van der Waals surface area contributed by atoms with E-state index in [4.69, 9.17) is 14.2 Å². The van der Waals surface area contributed by atoms with Crippen LogP contribution in [0.25, 0.3) is 0 Å². The topological polar surface area (TPSA) is 31.0 Å². The summed E-state index contributed by atoms with van der Waals surface area (Å²) in [6, 6.07) is 7.81. The highest BCUT2D eigenvalue weighted by atomic mass is 16.6. The van der Waals surface area contributed by atoms with Crippen molar-refractivity contribution in [3.8, 4) is 11.5 Å². The first kappa shape index (κ1) is 9.04. The van der Waals surface area contributed by atoms with Gasteiger partial charge in [0.2, 0.25) is 0 Å². The lowest BCUT2D eigenvalue weighted by Gasteiger charge is -2.06. The van der Waals surface area contributed by atoms with E-state index in [1.807, 2.05) is 24.3 Å². The summed E-state index contributed by atoms with van der Waals surface area (Å²) in [5.41, 5.74) is 0.